The van der Waals surface area contributed by atoms with Gasteiger partial charge in [-0.1, -0.05) is 24.9 Å². The Morgan fingerprint density at radius 1 is 1.45 bits per heavy atom. The predicted molar refractivity (Wildman–Crippen MR) is 86.6 cm³/mol. The summed E-state index contributed by atoms with van der Waals surface area (Å²) in [6.07, 6.45) is 2.58. The van der Waals surface area contributed by atoms with Gasteiger partial charge in [0.25, 0.3) is 0 Å². The van der Waals surface area contributed by atoms with E-state index in [0.29, 0.717) is 16.1 Å². The van der Waals surface area contributed by atoms with Gasteiger partial charge in [0.05, 0.1) is 0 Å². The van der Waals surface area contributed by atoms with Gasteiger partial charge in [-0.3, -0.25) is 9.59 Å². The molecule has 0 saturated carbocycles. The molecule has 118 valence electrons. The molecule has 1 atom stereocenters. The van der Waals surface area contributed by atoms with Gasteiger partial charge in [-0.2, -0.15) is 0 Å². The highest BCUT2D eigenvalue weighted by Gasteiger charge is 2.27. The number of nitrogens with zero attached hydrogens (tertiary/aromatic N) is 1. The first-order valence-electron chi connectivity index (χ1n) is 6.95. The van der Waals surface area contributed by atoms with Gasteiger partial charge in [0.15, 0.2) is 10.7 Å². The fourth-order valence-electron chi connectivity index (χ4n) is 2.17. The molecule has 22 heavy (non-hydrogen) atoms. The van der Waals surface area contributed by atoms with E-state index >= 15 is 0 Å². The summed E-state index contributed by atoms with van der Waals surface area (Å²) in [6.45, 7) is 2.09. The van der Waals surface area contributed by atoms with Crippen LogP contribution in [0.2, 0.25) is 5.02 Å². The molecule has 0 saturated heterocycles. The number of unbranched alkanes of at least 4 members (excludes halogenated alkanes) is 1. The maximum atomic E-state index is 11.3. The number of carbonyl (C=O) groups excluding carboxylic acids is 1. The molecule has 1 heterocycles. The smallest absolute Gasteiger partial charge is 0.316 e. The summed E-state index contributed by atoms with van der Waals surface area (Å²) in [5.41, 5.74) is 1.90. The summed E-state index contributed by atoms with van der Waals surface area (Å²) in [4.78, 5) is 26.5. The average Bonchev–Trinajstić information content (AvgIpc) is 2.83. The summed E-state index contributed by atoms with van der Waals surface area (Å²) in [5, 5.41) is 9.26. The molecule has 0 bridgehead atoms. The van der Waals surface area contributed by atoms with Crippen molar-refractivity contribution in [1.82, 2.24) is 4.98 Å². The van der Waals surface area contributed by atoms with E-state index in [1.165, 1.54) is 0 Å². The molecule has 0 fully saturated rings. The Kier molecular flexibility index (Phi) is 5.47. The van der Waals surface area contributed by atoms with Gasteiger partial charge >= 0.3 is 5.97 Å². The number of carboxylic acid groups (broad SMARTS) is 1. The molecule has 1 N–H and O–H groups in total. The van der Waals surface area contributed by atoms with Crippen LogP contribution in [-0.4, -0.2) is 21.2 Å². The number of carbonyl (C=O) groups is 2. The average molecular weight is 342 g/mol. The number of aliphatic carboxylic acids is 1. The first kappa shape index (κ1) is 16.8. The number of carboxylic acids is 1. The third-order valence-electron chi connectivity index (χ3n) is 3.35. The van der Waals surface area contributed by atoms with Gasteiger partial charge < -0.3 is 9.52 Å². The minimum atomic E-state index is -1.17. The summed E-state index contributed by atoms with van der Waals surface area (Å²) >= 11 is 9.83. The minimum Gasteiger partial charge on any atom is -0.481 e. The van der Waals surface area contributed by atoms with Crippen molar-refractivity contribution in [2.75, 3.05) is 0 Å². The maximum absolute atomic E-state index is 11.3. The highest BCUT2D eigenvalue weighted by atomic mass is 35.5. The number of thiol groups is 1. The third-order valence-corrected chi connectivity index (χ3v) is 3.88. The van der Waals surface area contributed by atoms with Crippen LogP contribution in [0.1, 0.15) is 43.6 Å². The molecular formula is C15H16ClNO4S. The number of benzene rings is 1. The van der Waals surface area contributed by atoms with Gasteiger partial charge in [0.2, 0.25) is 5.89 Å². The number of rotatable bonds is 7. The van der Waals surface area contributed by atoms with Gasteiger partial charge in [0.1, 0.15) is 11.4 Å². The number of hydrogen-bond donors (Lipinski definition) is 2. The predicted octanol–water partition coefficient (Wildman–Crippen LogP) is 3.84. The Morgan fingerprint density at radius 2 is 2.18 bits per heavy atom. The zero-order valence-electron chi connectivity index (χ0n) is 12.0. The normalized spacial score (nSPS) is 12.5. The summed E-state index contributed by atoms with van der Waals surface area (Å²) in [6, 6.07) is 3.45. The topological polar surface area (TPSA) is 80.4 Å². The van der Waals surface area contributed by atoms with Crippen molar-refractivity contribution in [3.63, 3.8) is 0 Å². The van der Waals surface area contributed by atoms with Crippen LogP contribution in [0.25, 0.3) is 11.1 Å². The standard InChI is InChI=1S/C15H16ClNO4S/c1-2-3-4-8-5-12-11(7-10(8)16)17-14(21-12)9(15(19)20)6-13(18)22/h5,7,9H,2-4,6H2,1H3,(H,18,22)(H,19,20). The zero-order chi connectivity index (χ0) is 16.3. The number of fused-ring (bicyclic) bond motifs is 1. The summed E-state index contributed by atoms with van der Waals surface area (Å²) < 4.78 is 5.53. The molecule has 5 nitrogen and oxygen atoms in total. The third kappa shape index (κ3) is 3.81. The number of aryl methyl sites for hydroxylation is 1. The zero-order valence-corrected chi connectivity index (χ0v) is 13.7. The van der Waals surface area contributed by atoms with E-state index in [1.807, 2.05) is 0 Å². The SMILES string of the molecule is CCCCc1cc2oc(C(CC(=O)S)C(=O)O)nc2cc1Cl. The molecule has 1 aromatic heterocycles. The lowest BCUT2D eigenvalue weighted by atomic mass is 10.1. The van der Waals surface area contributed by atoms with Crippen molar-refractivity contribution in [3.05, 3.63) is 28.6 Å². The molecule has 0 aliphatic carbocycles. The highest BCUT2D eigenvalue weighted by Crippen LogP contribution is 2.29. The van der Waals surface area contributed by atoms with Crippen molar-refractivity contribution in [1.29, 1.82) is 0 Å². The van der Waals surface area contributed by atoms with Crippen LogP contribution in [0.4, 0.5) is 0 Å². The second-order valence-corrected chi connectivity index (χ2v) is 5.96. The first-order chi connectivity index (χ1) is 10.4. The Labute approximate surface area is 138 Å². The summed E-state index contributed by atoms with van der Waals surface area (Å²) in [5.74, 6) is -2.32. The minimum absolute atomic E-state index is 0.00592. The molecule has 0 aliphatic rings. The molecule has 0 radical (unpaired) electrons. The lowest BCUT2D eigenvalue weighted by Gasteiger charge is -2.04. The van der Waals surface area contributed by atoms with E-state index in [-0.39, 0.29) is 12.3 Å². The van der Waals surface area contributed by atoms with Gasteiger partial charge in [0, 0.05) is 11.4 Å². The molecule has 0 amide bonds. The highest BCUT2D eigenvalue weighted by molar-refractivity contribution is 7.96. The van der Waals surface area contributed by atoms with Crippen LogP contribution in [0.3, 0.4) is 0 Å². The van der Waals surface area contributed by atoms with Crippen molar-refractivity contribution >= 4 is 46.4 Å². The largest absolute Gasteiger partial charge is 0.481 e. The lowest BCUT2D eigenvalue weighted by molar-refractivity contribution is -0.140. The van der Waals surface area contributed by atoms with Crippen LogP contribution in [0, 0.1) is 0 Å². The van der Waals surface area contributed by atoms with Crippen molar-refractivity contribution in [2.24, 2.45) is 0 Å². The van der Waals surface area contributed by atoms with Gasteiger partial charge in [-0.25, -0.2) is 4.98 Å². The van der Waals surface area contributed by atoms with E-state index in [2.05, 4.69) is 24.5 Å². The monoisotopic (exact) mass is 341 g/mol. The molecule has 0 spiro atoms. The number of oxazole rings is 1. The fraction of sp³-hybridized carbons (Fsp3) is 0.400. The van der Waals surface area contributed by atoms with Crippen LogP contribution in [-0.2, 0) is 16.0 Å². The molecule has 1 unspecified atom stereocenters. The Hall–Kier alpha value is -1.53. The first-order valence-corrected chi connectivity index (χ1v) is 7.78. The van der Waals surface area contributed by atoms with E-state index in [1.54, 1.807) is 12.1 Å². The fourth-order valence-corrected chi connectivity index (χ4v) is 2.61. The quantitative estimate of drug-likeness (QED) is 0.748. The second-order valence-electron chi connectivity index (χ2n) is 5.06. The number of hydrogen-bond acceptors (Lipinski definition) is 4. The van der Waals surface area contributed by atoms with Gasteiger partial charge in [-0.05, 0) is 30.5 Å². The number of aromatic nitrogens is 1. The molecule has 2 rings (SSSR count). The van der Waals surface area contributed by atoms with Crippen molar-refractivity contribution in [3.8, 4) is 0 Å². The van der Waals surface area contributed by atoms with Crippen molar-refractivity contribution < 1.29 is 19.1 Å². The Balaban J connectivity index is 2.40. The van der Waals surface area contributed by atoms with Crippen molar-refractivity contribution in [2.45, 2.75) is 38.5 Å². The molecule has 1 aromatic carbocycles. The second kappa shape index (κ2) is 7.15. The molecular weight excluding hydrogens is 326 g/mol. The Morgan fingerprint density at radius 3 is 2.77 bits per heavy atom. The van der Waals surface area contributed by atoms with Gasteiger partial charge in [-0.15, -0.1) is 12.6 Å². The Bertz CT molecular complexity index is 713. The lowest BCUT2D eigenvalue weighted by Crippen LogP contribution is -2.14. The molecule has 7 heteroatoms. The van der Waals surface area contributed by atoms with Crippen LogP contribution in [0.5, 0.6) is 0 Å². The van der Waals surface area contributed by atoms with Crippen LogP contribution >= 0.6 is 24.2 Å². The molecule has 2 aromatic rings. The van der Waals surface area contributed by atoms with E-state index in [9.17, 15) is 14.7 Å². The van der Waals surface area contributed by atoms with Crippen LogP contribution < -0.4 is 0 Å². The van der Waals surface area contributed by atoms with Crippen LogP contribution in [0.15, 0.2) is 16.5 Å². The maximum Gasteiger partial charge on any atom is 0.316 e. The molecule has 0 aliphatic heterocycles. The van der Waals surface area contributed by atoms with E-state index in [4.69, 9.17) is 16.0 Å². The summed E-state index contributed by atoms with van der Waals surface area (Å²) in [7, 11) is 0. The van der Waals surface area contributed by atoms with E-state index in [0.717, 1.165) is 24.8 Å². The van der Waals surface area contributed by atoms with E-state index < -0.39 is 17.0 Å². The number of halogens is 1.